The average Bonchev–Trinajstić information content (AvgIpc) is 2.79. The zero-order valence-electron chi connectivity index (χ0n) is 11.1. The van der Waals surface area contributed by atoms with Gasteiger partial charge in [-0.25, -0.2) is 4.98 Å². The standard InChI is InChI=1S/C14H16N4O/c1-18-10-12(5-13(18)7-15)9-16-8-11-3-4-17-14(6-11)19-2/h3-6,10,16H,8-9H2,1-2H3. The molecule has 2 aromatic rings. The minimum atomic E-state index is 0.616. The first kappa shape index (κ1) is 13.1. The van der Waals surface area contributed by atoms with Gasteiger partial charge in [0.1, 0.15) is 11.8 Å². The number of aryl methyl sites for hydroxylation is 1. The van der Waals surface area contributed by atoms with Crippen molar-refractivity contribution in [3.05, 3.63) is 47.4 Å². The van der Waals surface area contributed by atoms with Crippen LogP contribution in [0.4, 0.5) is 0 Å². The monoisotopic (exact) mass is 256 g/mol. The number of hydrogen-bond donors (Lipinski definition) is 1. The van der Waals surface area contributed by atoms with Gasteiger partial charge in [-0.15, -0.1) is 0 Å². The fourth-order valence-corrected chi connectivity index (χ4v) is 1.86. The van der Waals surface area contributed by atoms with Crippen LogP contribution >= 0.6 is 0 Å². The second-order valence-electron chi connectivity index (χ2n) is 4.27. The van der Waals surface area contributed by atoms with Crippen molar-refractivity contribution in [2.75, 3.05) is 7.11 Å². The first-order valence-electron chi connectivity index (χ1n) is 5.98. The molecule has 0 aliphatic heterocycles. The number of pyridine rings is 1. The molecule has 98 valence electrons. The molecule has 0 fully saturated rings. The van der Waals surface area contributed by atoms with Crippen LogP contribution < -0.4 is 10.1 Å². The molecule has 2 aromatic heterocycles. The van der Waals surface area contributed by atoms with Gasteiger partial charge >= 0.3 is 0 Å². The Kier molecular flexibility index (Phi) is 4.16. The van der Waals surface area contributed by atoms with Crippen LogP contribution in [0.3, 0.4) is 0 Å². The highest BCUT2D eigenvalue weighted by Gasteiger charge is 2.02. The molecule has 19 heavy (non-hydrogen) atoms. The van der Waals surface area contributed by atoms with Crippen LogP contribution in [-0.2, 0) is 20.1 Å². The quantitative estimate of drug-likeness (QED) is 0.882. The molecule has 0 amide bonds. The van der Waals surface area contributed by atoms with Crippen molar-refractivity contribution in [2.24, 2.45) is 7.05 Å². The molecule has 5 nitrogen and oxygen atoms in total. The first-order chi connectivity index (χ1) is 9.22. The molecule has 0 aliphatic carbocycles. The van der Waals surface area contributed by atoms with Gasteiger partial charge < -0.3 is 14.6 Å². The lowest BCUT2D eigenvalue weighted by molar-refractivity contribution is 0.397. The van der Waals surface area contributed by atoms with Crippen LogP contribution in [0.15, 0.2) is 30.6 Å². The molecule has 0 radical (unpaired) electrons. The SMILES string of the molecule is COc1cc(CNCc2cc(C#N)n(C)c2)ccn1. The van der Waals surface area contributed by atoms with E-state index in [1.165, 1.54) is 0 Å². The van der Waals surface area contributed by atoms with Gasteiger partial charge in [-0.1, -0.05) is 0 Å². The van der Waals surface area contributed by atoms with E-state index in [1.807, 2.05) is 36.0 Å². The van der Waals surface area contributed by atoms with Crippen molar-refractivity contribution in [1.82, 2.24) is 14.9 Å². The Hall–Kier alpha value is -2.32. The topological polar surface area (TPSA) is 62.9 Å². The Balaban J connectivity index is 1.90. The van der Waals surface area contributed by atoms with Crippen molar-refractivity contribution in [1.29, 1.82) is 5.26 Å². The van der Waals surface area contributed by atoms with Crippen LogP contribution in [-0.4, -0.2) is 16.7 Å². The normalized spacial score (nSPS) is 10.2. The van der Waals surface area contributed by atoms with Gasteiger partial charge in [0.05, 0.1) is 7.11 Å². The van der Waals surface area contributed by atoms with Crippen molar-refractivity contribution in [2.45, 2.75) is 13.1 Å². The number of aromatic nitrogens is 2. The van der Waals surface area contributed by atoms with Crippen LogP contribution in [0, 0.1) is 11.3 Å². The Morgan fingerprint density at radius 2 is 2.16 bits per heavy atom. The maximum Gasteiger partial charge on any atom is 0.213 e. The van der Waals surface area contributed by atoms with Gasteiger partial charge in [0.25, 0.3) is 0 Å². The van der Waals surface area contributed by atoms with E-state index in [2.05, 4.69) is 16.4 Å². The third kappa shape index (κ3) is 3.33. The van der Waals surface area contributed by atoms with E-state index >= 15 is 0 Å². The molecular formula is C14H16N4O. The predicted molar refractivity (Wildman–Crippen MR) is 71.5 cm³/mol. The highest BCUT2D eigenvalue weighted by atomic mass is 16.5. The molecule has 0 bridgehead atoms. The number of nitrogens with zero attached hydrogens (tertiary/aromatic N) is 3. The fraction of sp³-hybridized carbons (Fsp3) is 0.286. The average molecular weight is 256 g/mol. The van der Waals surface area contributed by atoms with Crippen molar-refractivity contribution in [3.63, 3.8) is 0 Å². The summed E-state index contributed by atoms with van der Waals surface area (Å²) in [6, 6.07) is 7.89. The molecule has 0 unspecified atom stereocenters. The summed E-state index contributed by atoms with van der Waals surface area (Å²) in [5, 5.41) is 12.2. The van der Waals surface area contributed by atoms with Gasteiger partial charge in [-0.05, 0) is 23.3 Å². The molecule has 2 heterocycles. The van der Waals surface area contributed by atoms with Gasteiger partial charge in [0, 0.05) is 38.6 Å². The molecule has 5 heteroatoms. The van der Waals surface area contributed by atoms with Gasteiger partial charge in [-0.3, -0.25) is 0 Å². The molecule has 0 saturated heterocycles. The predicted octanol–water partition coefficient (Wildman–Crippen LogP) is 1.59. The third-order valence-corrected chi connectivity index (χ3v) is 2.84. The second kappa shape index (κ2) is 6.03. The van der Waals surface area contributed by atoms with E-state index in [-0.39, 0.29) is 0 Å². The number of nitriles is 1. The summed E-state index contributed by atoms with van der Waals surface area (Å²) in [4.78, 5) is 4.06. The van der Waals surface area contributed by atoms with E-state index in [9.17, 15) is 0 Å². The van der Waals surface area contributed by atoms with Crippen molar-refractivity contribution in [3.8, 4) is 11.9 Å². The maximum atomic E-state index is 8.88. The largest absolute Gasteiger partial charge is 0.481 e. The molecule has 0 atom stereocenters. The first-order valence-corrected chi connectivity index (χ1v) is 5.98. The molecule has 0 aromatic carbocycles. The molecule has 0 spiro atoms. The summed E-state index contributed by atoms with van der Waals surface area (Å²) in [5.74, 6) is 0.616. The highest BCUT2D eigenvalue weighted by Crippen LogP contribution is 2.09. The number of hydrogen-bond acceptors (Lipinski definition) is 4. The van der Waals surface area contributed by atoms with E-state index in [1.54, 1.807) is 13.3 Å². The zero-order chi connectivity index (χ0) is 13.7. The summed E-state index contributed by atoms with van der Waals surface area (Å²) < 4.78 is 6.90. The van der Waals surface area contributed by atoms with Crippen LogP contribution in [0.2, 0.25) is 0 Å². The smallest absolute Gasteiger partial charge is 0.213 e. The summed E-state index contributed by atoms with van der Waals surface area (Å²) >= 11 is 0. The van der Waals surface area contributed by atoms with E-state index in [4.69, 9.17) is 10.00 Å². The molecule has 2 rings (SSSR count). The van der Waals surface area contributed by atoms with Crippen LogP contribution in [0.1, 0.15) is 16.8 Å². The number of rotatable bonds is 5. The minimum Gasteiger partial charge on any atom is -0.481 e. The number of ether oxygens (including phenoxy) is 1. The lowest BCUT2D eigenvalue weighted by atomic mass is 10.2. The molecule has 1 N–H and O–H groups in total. The van der Waals surface area contributed by atoms with Crippen LogP contribution in [0.5, 0.6) is 5.88 Å². The summed E-state index contributed by atoms with van der Waals surface area (Å²) in [5.41, 5.74) is 2.88. The van der Waals surface area contributed by atoms with Crippen LogP contribution in [0.25, 0.3) is 0 Å². The van der Waals surface area contributed by atoms with Crippen molar-refractivity contribution < 1.29 is 4.74 Å². The molecule has 0 aliphatic rings. The third-order valence-electron chi connectivity index (χ3n) is 2.84. The summed E-state index contributed by atoms with van der Waals surface area (Å²) in [6.07, 6.45) is 3.69. The molecule has 0 saturated carbocycles. The highest BCUT2D eigenvalue weighted by molar-refractivity contribution is 5.28. The number of nitrogens with one attached hydrogen (secondary N) is 1. The Morgan fingerprint density at radius 1 is 1.37 bits per heavy atom. The Labute approximate surface area is 112 Å². The van der Waals surface area contributed by atoms with Gasteiger partial charge in [0.15, 0.2) is 0 Å². The minimum absolute atomic E-state index is 0.616. The second-order valence-corrected chi connectivity index (χ2v) is 4.27. The fourth-order valence-electron chi connectivity index (χ4n) is 1.86. The lowest BCUT2D eigenvalue weighted by Crippen LogP contribution is -2.12. The number of methoxy groups -OCH3 is 1. The maximum absolute atomic E-state index is 8.88. The van der Waals surface area contributed by atoms with Crippen molar-refractivity contribution >= 4 is 0 Å². The van der Waals surface area contributed by atoms with E-state index in [0.29, 0.717) is 11.6 Å². The van der Waals surface area contributed by atoms with E-state index in [0.717, 1.165) is 24.2 Å². The Morgan fingerprint density at radius 3 is 2.84 bits per heavy atom. The summed E-state index contributed by atoms with van der Waals surface area (Å²) in [7, 11) is 3.47. The van der Waals surface area contributed by atoms with E-state index < -0.39 is 0 Å². The lowest BCUT2D eigenvalue weighted by Gasteiger charge is -2.05. The summed E-state index contributed by atoms with van der Waals surface area (Å²) in [6.45, 7) is 1.45. The molecular weight excluding hydrogens is 240 g/mol. The van der Waals surface area contributed by atoms with Gasteiger partial charge in [0.2, 0.25) is 5.88 Å². The zero-order valence-corrected chi connectivity index (χ0v) is 11.1. The van der Waals surface area contributed by atoms with Gasteiger partial charge in [-0.2, -0.15) is 5.26 Å². The Bertz CT molecular complexity index is 598.